The van der Waals surface area contributed by atoms with Gasteiger partial charge in [-0.15, -0.1) is 10.2 Å². The maximum Gasteiger partial charge on any atom is 0.414 e. The summed E-state index contributed by atoms with van der Waals surface area (Å²) in [5.74, 6) is 0.514. The predicted octanol–water partition coefficient (Wildman–Crippen LogP) is 3.93. The predicted molar refractivity (Wildman–Crippen MR) is 75.6 cm³/mol. The van der Waals surface area contributed by atoms with Crippen molar-refractivity contribution in [1.29, 1.82) is 0 Å². The standard InChI is InChI=1S/C13H21N3O2S/c1-13(2,3)18-12(17)14-11-16-15-10(19-11)9-7-5-4-6-8-9/h9H,4-8H2,1-3H3,(H,14,16,17). The molecule has 19 heavy (non-hydrogen) atoms. The second-order valence-corrected chi connectivity index (χ2v) is 6.92. The number of aromatic nitrogens is 2. The lowest BCUT2D eigenvalue weighted by atomic mass is 9.90. The Labute approximate surface area is 117 Å². The molecule has 0 saturated heterocycles. The summed E-state index contributed by atoms with van der Waals surface area (Å²) in [7, 11) is 0. The highest BCUT2D eigenvalue weighted by molar-refractivity contribution is 7.15. The van der Waals surface area contributed by atoms with Gasteiger partial charge in [0.2, 0.25) is 5.13 Å². The summed E-state index contributed by atoms with van der Waals surface area (Å²) in [6.07, 6.45) is 5.73. The van der Waals surface area contributed by atoms with Gasteiger partial charge in [0.05, 0.1) is 0 Å². The molecule has 0 bridgehead atoms. The molecule has 1 aromatic heterocycles. The monoisotopic (exact) mass is 283 g/mol. The molecule has 0 unspecified atom stereocenters. The third-order valence-electron chi connectivity index (χ3n) is 3.00. The zero-order valence-corrected chi connectivity index (χ0v) is 12.5. The van der Waals surface area contributed by atoms with Crippen LogP contribution in [0.25, 0.3) is 0 Å². The van der Waals surface area contributed by atoms with Gasteiger partial charge in [0, 0.05) is 5.92 Å². The Bertz CT molecular complexity index is 433. The summed E-state index contributed by atoms with van der Waals surface area (Å²) < 4.78 is 5.19. The van der Waals surface area contributed by atoms with Crippen molar-refractivity contribution in [1.82, 2.24) is 10.2 Å². The van der Waals surface area contributed by atoms with Gasteiger partial charge in [0.25, 0.3) is 0 Å². The maximum atomic E-state index is 11.6. The number of ether oxygens (including phenoxy) is 1. The first-order valence-corrected chi connectivity index (χ1v) is 7.59. The van der Waals surface area contributed by atoms with Crippen molar-refractivity contribution in [2.75, 3.05) is 5.32 Å². The maximum absolute atomic E-state index is 11.6. The van der Waals surface area contributed by atoms with E-state index >= 15 is 0 Å². The lowest BCUT2D eigenvalue weighted by Crippen LogP contribution is -2.27. The first-order chi connectivity index (χ1) is 8.94. The number of rotatable bonds is 2. The molecule has 6 heteroatoms. The first kappa shape index (κ1) is 14.2. The molecule has 1 saturated carbocycles. The fourth-order valence-corrected chi connectivity index (χ4v) is 3.09. The van der Waals surface area contributed by atoms with Crippen LogP contribution in [0.5, 0.6) is 0 Å². The van der Waals surface area contributed by atoms with Crippen LogP contribution in [-0.4, -0.2) is 21.9 Å². The van der Waals surface area contributed by atoms with Crippen LogP contribution in [0.2, 0.25) is 0 Å². The minimum Gasteiger partial charge on any atom is -0.444 e. The average molecular weight is 283 g/mol. The van der Waals surface area contributed by atoms with E-state index < -0.39 is 11.7 Å². The molecule has 0 spiro atoms. The van der Waals surface area contributed by atoms with Crippen molar-refractivity contribution in [2.45, 2.75) is 64.4 Å². The molecule has 1 amide bonds. The van der Waals surface area contributed by atoms with Gasteiger partial charge in [-0.25, -0.2) is 4.79 Å². The number of anilines is 1. The van der Waals surface area contributed by atoms with Crippen molar-refractivity contribution in [3.05, 3.63) is 5.01 Å². The highest BCUT2D eigenvalue weighted by atomic mass is 32.1. The SMILES string of the molecule is CC(C)(C)OC(=O)Nc1nnc(C2CCCCC2)s1. The van der Waals surface area contributed by atoms with E-state index in [-0.39, 0.29) is 0 Å². The second kappa shape index (κ2) is 5.86. The normalized spacial score (nSPS) is 17.2. The Balaban J connectivity index is 1.91. The van der Waals surface area contributed by atoms with Gasteiger partial charge < -0.3 is 4.74 Å². The number of amides is 1. The average Bonchev–Trinajstić information content (AvgIpc) is 2.76. The fourth-order valence-electron chi connectivity index (χ4n) is 2.19. The van der Waals surface area contributed by atoms with E-state index in [1.165, 1.54) is 43.4 Å². The Morgan fingerprint density at radius 1 is 1.26 bits per heavy atom. The van der Waals surface area contributed by atoms with E-state index in [0.717, 1.165) is 5.01 Å². The number of nitrogens with zero attached hydrogens (tertiary/aromatic N) is 2. The number of nitrogens with one attached hydrogen (secondary N) is 1. The van der Waals surface area contributed by atoms with Crippen molar-refractivity contribution < 1.29 is 9.53 Å². The van der Waals surface area contributed by atoms with Gasteiger partial charge in [-0.2, -0.15) is 0 Å². The van der Waals surface area contributed by atoms with Crippen molar-refractivity contribution in [3.63, 3.8) is 0 Å². The van der Waals surface area contributed by atoms with Gasteiger partial charge in [-0.05, 0) is 33.6 Å². The summed E-state index contributed by atoms with van der Waals surface area (Å²) in [6.45, 7) is 5.50. The van der Waals surface area contributed by atoms with Crippen LogP contribution < -0.4 is 5.32 Å². The van der Waals surface area contributed by atoms with Crippen molar-refractivity contribution in [3.8, 4) is 0 Å². The van der Waals surface area contributed by atoms with Gasteiger partial charge in [-0.3, -0.25) is 5.32 Å². The summed E-state index contributed by atoms with van der Waals surface area (Å²) in [5.41, 5.74) is -0.499. The molecule has 1 heterocycles. The molecule has 1 N–H and O–H groups in total. The van der Waals surface area contributed by atoms with E-state index in [4.69, 9.17) is 4.74 Å². The molecular formula is C13H21N3O2S. The van der Waals surface area contributed by atoms with Crippen molar-refractivity contribution >= 4 is 22.6 Å². The minimum atomic E-state index is -0.499. The molecule has 2 rings (SSSR count). The Hall–Kier alpha value is -1.17. The van der Waals surface area contributed by atoms with Crippen LogP contribution in [0.1, 0.15) is 63.8 Å². The van der Waals surface area contributed by atoms with Crippen LogP contribution >= 0.6 is 11.3 Å². The summed E-state index contributed by atoms with van der Waals surface area (Å²) >= 11 is 1.46. The van der Waals surface area contributed by atoms with E-state index in [9.17, 15) is 4.79 Å². The molecule has 0 atom stereocenters. The molecule has 5 nitrogen and oxygen atoms in total. The van der Waals surface area contributed by atoms with E-state index in [1.54, 1.807) is 0 Å². The van der Waals surface area contributed by atoms with Gasteiger partial charge in [0.15, 0.2) is 0 Å². The number of hydrogen-bond acceptors (Lipinski definition) is 5. The molecule has 1 aliphatic rings. The van der Waals surface area contributed by atoms with Crippen molar-refractivity contribution in [2.24, 2.45) is 0 Å². The molecule has 0 aliphatic heterocycles. The van der Waals surface area contributed by atoms with Crippen LogP contribution in [0.4, 0.5) is 9.93 Å². The Morgan fingerprint density at radius 3 is 2.58 bits per heavy atom. The second-order valence-electron chi connectivity index (χ2n) is 5.91. The number of hydrogen-bond donors (Lipinski definition) is 1. The van der Waals surface area contributed by atoms with E-state index in [2.05, 4.69) is 15.5 Å². The molecule has 1 aromatic rings. The van der Waals surface area contributed by atoms with Crippen LogP contribution in [0, 0.1) is 0 Å². The smallest absolute Gasteiger partial charge is 0.414 e. The molecule has 1 fully saturated rings. The highest BCUT2D eigenvalue weighted by Crippen LogP contribution is 2.35. The minimum absolute atomic E-state index is 0.473. The van der Waals surface area contributed by atoms with Gasteiger partial charge in [-0.1, -0.05) is 30.6 Å². The first-order valence-electron chi connectivity index (χ1n) is 6.77. The highest BCUT2D eigenvalue weighted by Gasteiger charge is 2.21. The third-order valence-corrected chi connectivity index (χ3v) is 4.00. The van der Waals surface area contributed by atoms with Gasteiger partial charge >= 0.3 is 6.09 Å². The molecule has 0 radical (unpaired) electrons. The van der Waals surface area contributed by atoms with Gasteiger partial charge in [0.1, 0.15) is 10.6 Å². The molecule has 106 valence electrons. The van der Waals surface area contributed by atoms with Crippen LogP contribution in [0.3, 0.4) is 0 Å². The lowest BCUT2D eigenvalue weighted by Gasteiger charge is -2.19. The number of carbonyl (C=O) groups is 1. The molecule has 1 aliphatic carbocycles. The largest absolute Gasteiger partial charge is 0.444 e. The summed E-state index contributed by atoms with van der Waals surface area (Å²) in [5, 5.41) is 12.4. The zero-order valence-electron chi connectivity index (χ0n) is 11.7. The van der Waals surface area contributed by atoms with Crippen LogP contribution in [-0.2, 0) is 4.74 Å². The van der Waals surface area contributed by atoms with E-state index in [0.29, 0.717) is 11.0 Å². The quantitative estimate of drug-likeness (QED) is 0.893. The third kappa shape index (κ3) is 4.45. The topological polar surface area (TPSA) is 64.1 Å². The van der Waals surface area contributed by atoms with Crippen LogP contribution in [0.15, 0.2) is 0 Å². The zero-order chi connectivity index (χ0) is 13.9. The number of carbonyl (C=O) groups excluding carboxylic acids is 1. The lowest BCUT2D eigenvalue weighted by molar-refractivity contribution is 0.0636. The Morgan fingerprint density at radius 2 is 1.95 bits per heavy atom. The fraction of sp³-hybridized carbons (Fsp3) is 0.769. The van der Waals surface area contributed by atoms with E-state index in [1.807, 2.05) is 20.8 Å². The Kier molecular flexibility index (Phi) is 4.39. The summed E-state index contributed by atoms with van der Waals surface area (Å²) in [4.78, 5) is 11.6. The summed E-state index contributed by atoms with van der Waals surface area (Å²) in [6, 6.07) is 0. The molecular weight excluding hydrogens is 262 g/mol. The molecule has 0 aromatic carbocycles.